The van der Waals surface area contributed by atoms with Crippen molar-refractivity contribution in [2.45, 2.75) is 0 Å². The number of anilines is 1. The Morgan fingerprint density at radius 1 is 1.26 bits per heavy atom. The van der Waals surface area contributed by atoms with Crippen LogP contribution < -0.4 is 4.90 Å². The molecular weight excluding hydrogens is 266 g/mol. The van der Waals surface area contributed by atoms with Crippen molar-refractivity contribution in [3.05, 3.63) is 34.4 Å². The third-order valence-electron chi connectivity index (χ3n) is 3.19. The Bertz CT molecular complexity index is 487. The monoisotopic (exact) mass is 281 g/mol. The zero-order chi connectivity index (χ0) is 13.8. The molecular formula is C12H15N3O3S. The summed E-state index contributed by atoms with van der Waals surface area (Å²) in [5.74, 6) is 0.205. The fraction of sp³-hybridized carbons (Fsp3) is 0.417. The predicted octanol–water partition coefficient (Wildman–Crippen LogP) is 1.17. The maximum absolute atomic E-state index is 11.5. The highest BCUT2D eigenvalue weighted by Gasteiger charge is 2.24. The van der Waals surface area contributed by atoms with Gasteiger partial charge >= 0.3 is 0 Å². The molecule has 1 amide bonds. The molecule has 0 aromatic heterocycles. The lowest BCUT2D eigenvalue weighted by Gasteiger charge is -2.35. The van der Waals surface area contributed by atoms with Crippen LogP contribution in [0.5, 0.6) is 0 Å². The zero-order valence-corrected chi connectivity index (χ0v) is 11.3. The third-order valence-corrected chi connectivity index (χ3v) is 3.46. The summed E-state index contributed by atoms with van der Waals surface area (Å²) in [6.07, 6.45) is 0. The van der Waals surface area contributed by atoms with Gasteiger partial charge in [-0.1, -0.05) is 12.1 Å². The Kier molecular flexibility index (Phi) is 4.26. The summed E-state index contributed by atoms with van der Waals surface area (Å²) in [7, 11) is 0. The normalized spacial score (nSPS) is 15.4. The lowest BCUT2D eigenvalue weighted by atomic mass is 10.2. The summed E-state index contributed by atoms with van der Waals surface area (Å²) in [5, 5.41) is 11.0. The van der Waals surface area contributed by atoms with Crippen LogP contribution in [0.25, 0.3) is 0 Å². The zero-order valence-electron chi connectivity index (χ0n) is 10.4. The van der Waals surface area contributed by atoms with E-state index in [1.165, 1.54) is 6.07 Å². The molecule has 0 bridgehead atoms. The predicted molar refractivity (Wildman–Crippen MR) is 75.7 cm³/mol. The molecule has 6 nitrogen and oxygen atoms in total. The van der Waals surface area contributed by atoms with Crippen molar-refractivity contribution in [3.8, 4) is 0 Å². The molecule has 0 saturated carbocycles. The van der Waals surface area contributed by atoms with Crippen molar-refractivity contribution in [1.82, 2.24) is 4.90 Å². The van der Waals surface area contributed by atoms with Gasteiger partial charge in [-0.05, 0) is 6.07 Å². The van der Waals surface area contributed by atoms with Gasteiger partial charge in [-0.3, -0.25) is 14.9 Å². The van der Waals surface area contributed by atoms with Crippen LogP contribution in [0.3, 0.4) is 0 Å². The van der Waals surface area contributed by atoms with Crippen LogP contribution in [0.15, 0.2) is 24.3 Å². The number of benzene rings is 1. The van der Waals surface area contributed by atoms with Gasteiger partial charge in [0.2, 0.25) is 5.91 Å². The number of hydrogen-bond acceptors (Lipinski definition) is 5. The van der Waals surface area contributed by atoms with E-state index in [0.29, 0.717) is 31.9 Å². The van der Waals surface area contributed by atoms with E-state index >= 15 is 0 Å². The Morgan fingerprint density at radius 2 is 1.89 bits per heavy atom. The largest absolute Gasteiger partial charge is 0.362 e. The first-order chi connectivity index (χ1) is 9.13. The molecule has 102 valence electrons. The summed E-state index contributed by atoms with van der Waals surface area (Å²) in [4.78, 5) is 25.8. The van der Waals surface area contributed by atoms with Gasteiger partial charge in [-0.2, -0.15) is 12.6 Å². The van der Waals surface area contributed by atoms with E-state index in [9.17, 15) is 14.9 Å². The minimum absolute atomic E-state index is 0.00513. The number of amides is 1. The van der Waals surface area contributed by atoms with Crippen molar-refractivity contribution in [2.75, 3.05) is 36.8 Å². The molecule has 0 radical (unpaired) electrons. The summed E-state index contributed by atoms with van der Waals surface area (Å²) < 4.78 is 0. The van der Waals surface area contributed by atoms with Crippen molar-refractivity contribution >= 4 is 29.9 Å². The minimum Gasteiger partial charge on any atom is -0.362 e. The van der Waals surface area contributed by atoms with Gasteiger partial charge in [0.15, 0.2) is 0 Å². The van der Waals surface area contributed by atoms with Crippen LogP contribution in [0.1, 0.15) is 0 Å². The Labute approximate surface area is 116 Å². The SMILES string of the molecule is O=C(CS)N1CCN(c2ccccc2[N+](=O)[O-])CC1. The van der Waals surface area contributed by atoms with Crippen LogP contribution in [0, 0.1) is 10.1 Å². The smallest absolute Gasteiger partial charge is 0.292 e. The second-order valence-corrected chi connectivity index (χ2v) is 4.59. The van der Waals surface area contributed by atoms with E-state index in [1.54, 1.807) is 23.1 Å². The maximum atomic E-state index is 11.5. The highest BCUT2D eigenvalue weighted by molar-refractivity contribution is 7.81. The van der Waals surface area contributed by atoms with E-state index < -0.39 is 0 Å². The molecule has 1 aromatic carbocycles. The first-order valence-electron chi connectivity index (χ1n) is 6.00. The Balaban J connectivity index is 2.10. The van der Waals surface area contributed by atoms with E-state index in [-0.39, 0.29) is 22.3 Å². The molecule has 0 spiro atoms. The maximum Gasteiger partial charge on any atom is 0.292 e. The molecule has 1 aliphatic heterocycles. The number of rotatable bonds is 3. The van der Waals surface area contributed by atoms with Gasteiger partial charge in [0, 0.05) is 32.2 Å². The average molecular weight is 281 g/mol. The van der Waals surface area contributed by atoms with E-state index in [2.05, 4.69) is 12.6 Å². The minimum atomic E-state index is -0.374. The van der Waals surface area contributed by atoms with Gasteiger partial charge in [-0.15, -0.1) is 0 Å². The highest BCUT2D eigenvalue weighted by Crippen LogP contribution is 2.28. The molecule has 0 N–H and O–H groups in total. The molecule has 19 heavy (non-hydrogen) atoms. The molecule has 1 saturated heterocycles. The standard InChI is InChI=1S/C12H15N3O3S/c16-12(9-19)14-7-5-13(6-8-14)10-3-1-2-4-11(10)15(17)18/h1-4,19H,5-9H2. The number of nitrogens with zero attached hydrogens (tertiary/aromatic N) is 3. The third kappa shape index (κ3) is 2.98. The molecule has 0 unspecified atom stereocenters. The van der Waals surface area contributed by atoms with E-state index in [1.807, 2.05) is 4.90 Å². The fourth-order valence-electron chi connectivity index (χ4n) is 2.18. The Morgan fingerprint density at radius 3 is 2.47 bits per heavy atom. The summed E-state index contributed by atoms with van der Waals surface area (Å²) >= 11 is 3.97. The van der Waals surface area contributed by atoms with Gasteiger partial charge in [0.05, 0.1) is 10.7 Å². The van der Waals surface area contributed by atoms with Crippen molar-refractivity contribution < 1.29 is 9.72 Å². The summed E-state index contributed by atoms with van der Waals surface area (Å²) in [6.45, 7) is 2.35. The average Bonchev–Trinajstić information content (AvgIpc) is 2.46. The molecule has 0 aliphatic carbocycles. The number of carbonyl (C=O) groups excluding carboxylic acids is 1. The second-order valence-electron chi connectivity index (χ2n) is 4.27. The topological polar surface area (TPSA) is 66.7 Å². The molecule has 1 aliphatic rings. The first kappa shape index (κ1) is 13.7. The van der Waals surface area contributed by atoms with Gasteiger partial charge in [0.25, 0.3) is 5.69 Å². The van der Waals surface area contributed by atoms with Crippen LogP contribution in [0.2, 0.25) is 0 Å². The van der Waals surface area contributed by atoms with Crippen LogP contribution in [0.4, 0.5) is 11.4 Å². The number of carbonyl (C=O) groups is 1. The van der Waals surface area contributed by atoms with Crippen LogP contribution in [-0.2, 0) is 4.79 Å². The number of piperazine rings is 1. The Hall–Kier alpha value is -1.76. The van der Waals surface area contributed by atoms with Crippen molar-refractivity contribution in [1.29, 1.82) is 0 Å². The first-order valence-corrected chi connectivity index (χ1v) is 6.63. The van der Waals surface area contributed by atoms with Crippen LogP contribution in [-0.4, -0.2) is 47.7 Å². The molecule has 7 heteroatoms. The number of nitro benzene ring substituents is 1. The summed E-state index contributed by atoms with van der Waals surface area (Å²) in [5.41, 5.74) is 0.724. The second kappa shape index (κ2) is 5.92. The lowest BCUT2D eigenvalue weighted by molar-refractivity contribution is -0.384. The van der Waals surface area contributed by atoms with E-state index in [4.69, 9.17) is 0 Å². The summed E-state index contributed by atoms with van der Waals surface area (Å²) in [6, 6.07) is 6.69. The van der Waals surface area contributed by atoms with Crippen LogP contribution >= 0.6 is 12.6 Å². The number of nitro groups is 1. The lowest BCUT2D eigenvalue weighted by Crippen LogP contribution is -2.49. The number of para-hydroxylation sites is 2. The molecule has 0 atom stereocenters. The highest BCUT2D eigenvalue weighted by atomic mass is 32.1. The molecule has 1 aromatic rings. The molecule has 2 rings (SSSR count). The quantitative estimate of drug-likeness (QED) is 0.513. The molecule has 1 fully saturated rings. The number of hydrogen-bond donors (Lipinski definition) is 1. The van der Waals surface area contributed by atoms with Gasteiger partial charge < -0.3 is 9.80 Å². The van der Waals surface area contributed by atoms with Crippen molar-refractivity contribution in [3.63, 3.8) is 0 Å². The van der Waals surface area contributed by atoms with Gasteiger partial charge in [0.1, 0.15) is 5.69 Å². The molecule has 1 heterocycles. The van der Waals surface area contributed by atoms with E-state index in [0.717, 1.165) is 0 Å². The van der Waals surface area contributed by atoms with Gasteiger partial charge in [-0.25, -0.2) is 0 Å². The van der Waals surface area contributed by atoms with Crippen molar-refractivity contribution in [2.24, 2.45) is 0 Å². The number of thiol groups is 1. The fourth-order valence-corrected chi connectivity index (χ4v) is 2.38.